The Hall–Kier alpha value is -2.61. The summed E-state index contributed by atoms with van der Waals surface area (Å²) in [5.74, 6) is 0. The van der Waals surface area contributed by atoms with Gasteiger partial charge in [0.05, 0.1) is 17.6 Å². The topological polar surface area (TPSA) is 15.6 Å². The molecule has 4 rings (SSSR count). The molecule has 0 aromatic heterocycles. The van der Waals surface area contributed by atoms with Gasteiger partial charge in [0.25, 0.3) is 0 Å². The maximum atomic E-state index is 4.31. The van der Waals surface area contributed by atoms with Crippen LogP contribution in [0.2, 0.25) is 0 Å². The van der Waals surface area contributed by atoms with Crippen molar-refractivity contribution in [3.8, 4) is 0 Å². The molecule has 0 unspecified atom stereocenters. The molecule has 20 heavy (non-hydrogen) atoms. The second kappa shape index (κ2) is 4.20. The predicted molar refractivity (Wildman–Crippen MR) is 83.8 cm³/mol. The summed E-state index contributed by atoms with van der Waals surface area (Å²) in [7, 11) is 0. The molecule has 0 spiro atoms. The molecule has 0 N–H and O–H groups in total. The van der Waals surface area contributed by atoms with E-state index in [1.807, 2.05) is 18.6 Å². The van der Waals surface area contributed by atoms with E-state index < -0.39 is 0 Å². The van der Waals surface area contributed by atoms with Crippen LogP contribution in [0.1, 0.15) is 12.5 Å². The van der Waals surface area contributed by atoms with Crippen LogP contribution in [-0.4, -0.2) is 6.21 Å². The van der Waals surface area contributed by atoms with E-state index in [-0.39, 0.29) is 0 Å². The Morgan fingerprint density at radius 1 is 0.900 bits per heavy atom. The van der Waals surface area contributed by atoms with Gasteiger partial charge in [0.2, 0.25) is 0 Å². The van der Waals surface area contributed by atoms with Crippen molar-refractivity contribution in [2.75, 3.05) is 4.90 Å². The van der Waals surface area contributed by atoms with E-state index in [2.05, 4.69) is 65.3 Å². The van der Waals surface area contributed by atoms with Crippen molar-refractivity contribution < 1.29 is 0 Å². The van der Waals surface area contributed by atoms with Gasteiger partial charge < -0.3 is 4.90 Å². The van der Waals surface area contributed by atoms with Gasteiger partial charge in [0.1, 0.15) is 0 Å². The Morgan fingerprint density at radius 2 is 1.65 bits per heavy atom. The summed E-state index contributed by atoms with van der Waals surface area (Å²) in [6.07, 6.45) is 5.81. The molecule has 0 atom stereocenters. The van der Waals surface area contributed by atoms with E-state index in [0.717, 1.165) is 5.70 Å². The van der Waals surface area contributed by atoms with Crippen LogP contribution >= 0.6 is 0 Å². The number of benzene rings is 2. The summed E-state index contributed by atoms with van der Waals surface area (Å²) in [4.78, 5) is 6.53. The molecule has 2 heterocycles. The van der Waals surface area contributed by atoms with Crippen molar-refractivity contribution in [1.29, 1.82) is 0 Å². The zero-order chi connectivity index (χ0) is 13.5. The summed E-state index contributed by atoms with van der Waals surface area (Å²) in [6.45, 7) is 2.19. The molecule has 0 saturated carbocycles. The van der Waals surface area contributed by atoms with E-state index in [1.165, 1.54) is 27.3 Å². The minimum atomic E-state index is 1.13. The quantitative estimate of drug-likeness (QED) is 0.708. The van der Waals surface area contributed by atoms with E-state index in [0.29, 0.717) is 0 Å². The van der Waals surface area contributed by atoms with Crippen LogP contribution in [0.3, 0.4) is 0 Å². The zero-order valence-electron chi connectivity index (χ0n) is 11.2. The number of hydrogen-bond acceptors (Lipinski definition) is 2. The number of fused-ring (bicyclic) bond motifs is 4. The molecule has 2 aliphatic heterocycles. The fraction of sp³-hybridized carbons (Fsp3) is 0.0556. The molecule has 0 saturated heterocycles. The van der Waals surface area contributed by atoms with Gasteiger partial charge >= 0.3 is 0 Å². The average molecular weight is 258 g/mol. The van der Waals surface area contributed by atoms with Crippen molar-refractivity contribution in [1.82, 2.24) is 0 Å². The molecule has 2 aliphatic rings. The van der Waals surface area contributed by atoms with Gasteiger partial charge in [-0.05, 0) is 23.8 Å². The molecule has 96 valence electrons. The molecule has 0 radical (unpaired) electrons. The molecule has 0 fully saturated rings. The first-order chi connectivity index (χ1) is 9.86. The zero-order valence-corrected chi connectivity index (χ0v) is 11.2. The normalized spacial score (nSPS) is 15.6. The minimum Gasteiger partial charge on any atom is -0.313 e. The van der Waals surface area contributed by atoms with E-state index in [1.54, 1.807) is 0 Å². The predicted octanol–water partition coefficient (Wildman–Crippen LogP) is 2.39. The highest BCUT2D eigenvalue weighted by Gasteiger charge is 2.19. The molecular weight excluding hydrogens is 244 g/mol. The first kappa shape index (κ1) is 11.2. The van der Waals surface area contributed by atoms with Crippen molar-refractivity contribution in [2.45, 2.75) is 6.92 Å². The lowest BCUT2D eigenvalue weighted by molar-refractivity contribution is 1.27. The van der Waals surface area contributed by atoms with E-state index in [9.17, 15) is 0 Å². The SMILES string of the molecule is CC1=c2ccccc2=C2C=NC=CN2c2ccccc21. The van der Waals surface area contributed by atoms with Crippen LogP contribution < -0.4 is 15.3 Å². The van der Waals surface area contributed by atoms with Crippen LogP contribution in [0.25, 0.3) is 11.3 Å². The molecule has 0 bridgehead atoms. The molecule has 2 heteroatoms. The average Bonchev–Trinajstić information content (AvgIpc) is 2.64. The second-order valence-corrected chi connectivity index (χ2v) is 5.02. The number of nitrogens with zero attached hydrogens (tertiary/aromatic N) is 2. The van der Waals surface area contributed by atoms with Gasteiger partial charge in [0, 0.05) is 23.2 Å². The Balaban J connectivity index is 2.25. The number of aliphatic imine (C=N–C) groups is 1. The third-order valence-corrected chi connectivity index (χ3v) is 3.93. The van der Waals surface area contributed by atoms with Crippen molar-refractivity contribution in [2.24, 2.45) is 4.99 Å². The van der Waals surface area contributed by atoms with Gasteiger partial charge in [-0.1, -0.05) is 42.5 Å². The minimum absolute atomic E-state index is 1.13. The summed E-state index contributed by atoms with van der Waals surface area (Å²) in [5.41, 5.74) is 4.92. The van der Waals surface area contributed by atoms with Gasteiger partial charge in [-0.25, -0.2) is 0 Å². The third-order valence-electron chi connectivity index (χ3n) is 3.93. The number of para-hydroxylation sites is 1. The van der Waals surface area contributed by atoms with Gasteiger partial charge in [-0.15, -0.1) is 0 Å². The lowest BCUT2D eigenvalue weighted by Crippen LogP contribution is -2.32. The first-order valence-electron chi connectivity index (χ1n) is 6.75. The van der Waals surface area contributed by atoms with Crippen LogP contribution in [0.15, 0.2) is 65.9 Å². The smallest absolute Gasteiger partial charge is 0.0718 e. The molecular formula is C18H14N2. The van der Waals surface area contributed by atoms with Crippen molar-refractivity contribution in [3.63, 3.8) is 0 Å². The van der Waals surface area contributed by atoms with Crippen LogP contribution in [-0.2, 0) is 0 Å². The maximum absolute atomic E-state index is 4.31. The number of anilines is 1. The van der Waals surface area contributed by atoms with E-state index >= 15 is 0 Å². The monoisotopic (exact) mass is 258 g/mol. The molecule has 0 aliphatic carbocycles. The van der Waals surface area contributed by atoms with Crippen LogP contribution in [0.4, 0.5) is 5.69 Å². The maximum Gasteiger partial charge on any atom is 0.0718 e. The Bertz CT molecular complexity index is 872. The van der Waals surface area contributed by atoms with Gasteiger partial charge in [-0.2, -0.15) is 0 Å². The fourth-order valence-corrected chi connectivity index (χ4v) is 2.95. The lowest BCUT2D eigenvalue weighted by Gasteiger charge is -2.24. The summed E-state index contributed by atoms with van der Waals surface area (Å²) in [6, 6.07) is 17.0. The summed E-state index contributed by atoms with van der Waals surface area (Å²) in [5, 5.41) is 2.51. The Morgan fingerprint density at radius 3 is 2.55 bits per heavy atom. The van der Waals surface area contributed by atoms with Gasteiger partial charge in [0.15, 0.2) is 0 Å². The molecule has 0 amide bonds. The number of rotatable bonds is 0. The third kappa shape index (κ3) is 1.48. The second-order valence-electron chi connectivity index (χ2n) is 5.02. The Kier molecular flexibility index (Phi) is 2.36. The molecule has 2 nitrogen and oxygen atoms in total. The largest absolute Gasteiger partial charge is 0.313 e. The highest BCUT2D eigenvalue weighted by Crippen LogP contribution is 2.30. The Labute approximate surface area is 117 Å². The standard InChI is InChI=1S/C18H14N2/c1-13-14-6-2-3-8-16(14)18-12-19-10-11-20(18)17-9-5-4-7-15(13)17/h2-12H,1H3. The van der Waals surface area contributed by atoms with Gasteiger partial charge in [-0.3, -0.25) is 4.99 Å². The van der Waals surface area contributed by atoms with Crippen molar-refractivity contribution in [3.05, 3.63) is 76.9 Å². The highest BCUT2D eigenvalue weighted by atomic mass is 15.2. The van der Waals surface area contributed by atoms with E-state index in [4.69, 9.17) is 0 Å². The fourth-order valence-electron chi connectivity index (χ4n) is 2.95. The lowest BCUT2D eigenvalue weighted by atomic mass is 10.0. The van der Waals surface area contributed by atoms with Crippen LogP contribution in [0, 0.1) is 0 Å². The van der Waals surface area contributed by atoms with Crippen LogP contribution in [0.5, 0.6) is 0 Å². The molecule has 2 aromatic rings. The first-order valence-corrected chi connectivity index (χ1v) is 6.75. The van der Waals surface area contributed by atoms with Crippen molar-refractivity contribution >= 4 is 23.2 Å². The highest BCUT2D eigenvalue weighted by molar-refractivity contribution is 6.11. The summed E-state index contributed by atoms with van der Waals surface area (Å²) < 4.78 is 0. The number of hydrogen-bond donors (Lipinski definition) is 0. The summed E-state index contributed by atoms with van der Waals surface area (Å²) >= 11 is 0. The molecule has 2 aromatic carbocycles.